The number of fused-ring (bicyclic) bond motifs is 2. The zero-order valence-corrected chi connectivity index (χ0v) is 42.2. The first-order chi connectivity index (χ1) is 29.9. The molecule has 63 heavy (non-hydrogen) atoms. The van der Waals surface area contributed by atoms with E-state index in [-0.39, 0.29) is 20.1 Å². The van der Waals surface area contributed by atoms with Gasteiger partial charge in [0.05, 0.1) is 24.9 Å². The molecule has 0 saturated heterocycles. The van der Waals surface area contributed by atoms with Crippen molar-refractivity contribution >= 4 is 45.7 Å². The van der Waals surface area contributed by atoms with E-state index in [1.807, 2.05) is 18.2 Å². The van der Waals surface area contributed by atoms with Crippen LogP contribution in [0.4, 0.5) is 0 Å². The van der Waals surface area contributed by atoms with Crippen LogP contribution in [0.15, 0.2) is 152 Å². The number of thiophene rings is 1. The molecule has 0 amide bonds. The summed E-state index contributed by atoms with van der Waals surface area (Å²) in [7, 11) is -1.34. The third-order valence-electron chi connectivity index (χ3n) is 11.6. The van der Waals surface area contributed by atoms with Gasteiger partial charge in [-0.2, -0.15) is 0 Å². The van der Waals surface area contributed by atoms with Crippen molar-refractivity contribution in [3.05, 3.63) is 180 Å². The van der Waals surface area contributed by atoms with Crippen LogP contribution in [0.25, 0.3) is 71.7 Å². The first kappa shape index (κ1) is 45.8. The summed E-state index contributed by atoms with van der Waals surface area (Å²) in [4.78, 5) is 9.99. The first-order valence-corrected chi connectivity index (χ1v) is 26.4. The van der Waals surface area contributed by atoms with Crippen LogP contribution in [-0.4, -0.2) is 22.6 Å². The molecule has 3 aromatic heterocycles. The van der Waals surface area contributed by atoms with Gasteiger partial charge in [-0.15, -0.1) is 47.3 Å². The maximum Gasteiger partial charge on any atom is 0.0798 e. The second-order valence-electron chi connectivity index (χ2n) is 18.4. The summed E-state index contributed by atoms with van der Waals surface area (Å²) in [6, 6.07) is 54.9. The largest absolute Gasteiger partial charge is 0.333 e. The molecule has 321 valence electrons. The monoisotopic (exact) mass is 1040 g/mol. The van der Waals surface area contributed by atoms with E-state index >= 15 is 0 Å². The fraction of sp³-hybridized carbons (Fsp3) is 0.228. The van der Waals surface area contributed by atoms with E-state index < -0.39 is 8.07 Å². The number of hydrogen-bond donors (Lipinski definition) is 0. The molecule has 0 bridgehead atoms. The van der Waals surface area contributed by atoms with E-state index in [0.29, 0.717) is 17.8 Å². The van der Waals surface area contributed by atoms with Gasteiger partial charge in [-0.3, -0.25) is 16.3 Å². The summed E-state index contributed by atoms with van der Waals surface area (Å²) >= 11 is 1.69. The van der Waals surface area contributed by atoms with Crippen molar-refractivity contribution in [2.24, 2.45) is 5.92 Å². The minimum absolute atomic E-state index is 0. The Morgan fingerprint density at radius 3 is 1.92 bits per heavy atom. The van der Waals surface area contributed by atoms with Gasteiger partial charge in [-0.1, -0.05) is 179 Å². The van der Waals surface area contributed by atoms with Gasteiger partial charge in [0, 0.05) is 32.0 Å². The molecule has 9 aromatic rings. The van der Waals surface area contributed by atoms with E-state index in [0.717, 1.165) is 40.1 Å². The summed E-state index contributed by atoms with van der Waals surface area (Å²) in [5.74, 6) is 2.26. The third kappa shape index (κ3) is 9.81. The number of imidazole rings is 1. The number of benzene rings is 6. The standard InChI is InChI=1S/C39H33N2S.C18H24NSi.Ir/c1-25(2)32-22-29(27-14-7-5-8-15-27)23-33(26(3)4)37(32)41-36-21-12-11-20-35(36)40-39(41)34-24-42-38-30(18-13-19-31(34)38)28-16-9-6-10-17-28;1-14(2)11-16-12-17(15-9-7-6-8-10-15)19-13-18(16)20(3,4)5;/h5-23,25-26H,1-4H3;6-9,12-14H,11H2,1-5H3;/q2*-1;. The van der Waals surface area contributed by atoms with Gasteiger partial charge in [0.2, 0.25) is 0 Å². The Morgan fingerprint density at radius 2 is 1.30 bits per heavy atom. The Bertz CT molecular complexity index is 2910. The predicted molar refractivity (Wildman–Crippen MR) is 270 cm³/mol. The average Bonchev–Trinajstić information content (AvgIpc) is 3.88. The minimum atomic E-state index is -1.34. The first-order valence-electron chi connectivity index (χ1n) is 22.1. The molecular weight excluding hydrogens is 979 g/mol. The van der Waals surface area contributed by atoms with Gasteiger partial charge >= 0.3 is 0 Å². The summed E-state index contributed by atoms with van der Waals surface area (Å²) in [5.41, 5.74) is 15.6. The molecule has 0 saturated carbocycles. The van der Waals surface area contributed by atoms with E-state index in [1.54, 1.807) is 11.3 Å². The zero-order valence-electron chi connectivity index (χ0n) is 38.0. The molecule has 9 rings (SSSR count). The molecule has 3 heterocycles. The SMILES string of the molecule is CC(C)Cc1cc(-c2[c-]cccc2)ncc1[Si](C)(C)C.CC(C)c1cc(-c2ccccc2)cc(C(C)C)c1-n1c(-c2[c-]sc3c(-c4ccccc4)cccc23)nc2ccccc21.[Ir]. The van der Waals surface area contributed by atoms with E-state index in [2.05, 4.69) is 216 Å². The van der Waals surface area contributed by atoms with Crippen LogP contribution < -0.4 is 5.19 Å². The Kier molecular flexibility index (Phi) is 14.3. The van der Waals surface area contributed by atoms with Crippen LogP contribution >= 0.6 is 11.3 Å². The van der Waals surface area contributed by atoms with Crippen molar-refractivity contribution in [2.45, 2.75) is 79.4 Å². The maximum atomic E-state index is 5.30. The smallest absolute Gasteiger partial charge is 0.0798 e. The van der Waals surface area contributed by atoms with Gasteiger partial charge < -0.3 is 9.55 Å². The molecule has 0 N–H and O–H groups in total. The van der Waals surface area contributed by atoms with Crippen molar-refractivity contribution in [3.63, 3.8) is 0 Å². The fourth-order valence-corrected chi connectivity index (χ4v) is 11.1. The van der Waals surface area contributed by atoms with Crippen molar-refractivity contribution in [3.8, 4) is 50.6 Å². The molecule has 1 radical (unpaired) electrons. The summed E-state index contributed by atoms with van der Waals surface area (Å²) in [5, 5.41) is 6.39. The number of nitrogens with zero attached hydrogens (tertiary/aromatic N) is 3. The predicted octanol–water partition coefficient (Wildman–Crippen LogP) is 15.6. The number of pyridine rings is 1. The topological polar surface area (TPSA) is 30.7 Å². The van der Waals surface area contributed by atoms with E-state index in [4.69, 9.17) is 4.98 Å². The number of rotatable bonds is 10. The zero-order chi connectivity index (χ0) is 43.5. The molecule has 0 aliphatic rings. The van der Waals surface area contributed by atoms with E-state index in [1.165, 1.54) is 59.9 Å². The van der Waals surface area contributed by atoms with Crippen molar-refractivity contribution < 1.29 is 20.1 Å². The molecule has 6 heteroatoms. The Labute approximate surface area is 393 Å². The number of aromatic nitrogens is 3. The Morgan fingerprint density at radius 1 is 0.667 bits per heavy atom. The molecule has 0 aliphatic heterocycles. The van der Waals surface area contributed by atoms with Crippen LogP contribution in [0.3, 0.4) is 0 Å². The second-order valence-corrected chi connectivity index (χ2v) is 24.3. The van der Waals surface area contributed by atoms with Crippen LogP contribution in [0, 0.1) is 17.4 Å². The molecule has 3 nitrogen and oxygen atoms in total. The van der Waals surface area contributed by atoms with Gasteiger partial charge in [0.15, 0.2) is 0 Å². The average molecular weight is 1040 g/mol. The van der Waals surface area contributed by atoms with Crippen molar-refractivity contribution in [1.29, 1.82) is 0 Å². The molecule has 0 unspecified atom stereocenters. The Balaban J connectivity index is 0.000000239. The third-order valence-corrected chi connectivity index (χ3v) is 14.6. The van der Waals surface area contributed by atoms with Crippen LogP contribution in [0.2, 0.25) is 19.6 Å². The molecule has 0 spiro atoms. The normalized spacial score (nSPS) is 11.6. The summed E-state index contributed by atoms with van der Waals surface area (Å²) in [6.45, 7) is 20.9. The van der Waals surface area contributed by atoms with Crippen molar-refractivity contribution in [1.82, 2.24) is 14.5 Å². The molecular formula is C57H57IrN3SSi-2. The summed E-state index contributed by atoms with van der Waals surface area (Å²) in [6.07, 6.45) is 3.24. The summed E-state index contributed by atoms with van der Waals surface area (Å²) < 4.78 is 3.66. The van der Waals surface area contributed by atoms with Gasteiger partial charge in [0.25, 0.3) is 0 Å². The number of para-hydroxylation sites is 2. The molecule has 0 aliphatic carbocycles. The maximum absolute atomic E-state index is 5.30. The van der Waals surface area contributed by atoms with E-state index in [9.17, 15) is 0 Å². The molecule has 0 atom stereocenters. The molecule has 0 fully saturated rings. The number of hydrogen-bond acceptors (Lipinski definition) is 3. The van der Waals surface area contributed by atoms with Crippen LogP contribution in [0.5, 0.6) is 0 Å². The second kappa shape index (κ2) is 19.7. The fourth-order valence-electron chi connectivity index (χ4n) is 8.53. The van der Waals surface area contributed by atoms with Crippen LogP contribution in [-0.2, 0) is 26.5 Å². The van der Waals surface area contributed by atoms with Gasteiger partial charge in [-0.05, 0) is 87.1 Å². The van der Waals surface area contributed by atoms with Gasteiger partial charge in [0.1, 0.15) is 0 Å². The van der Waals surface area contributed by atoms with Crippen LogP contribution in [0.1, 0.15) is 70.1 Å². The van der Waals surface area contributed by atoms with Gasteiger partial charge in [-0.25, -0.2) is 0 Å². The minimum Gasteiger partial charge on any atom is -0.333 e. The van der Waals surface area contributed by atoms with Crippen molar-refractivity contribution in [2.75, 3.05) is 0 Å². The Hall–Kier alpha value is -5.23. The molecule has 6 aromatic carbocycles. The quantitative estimate of drug-likeness (QED) is 0.101.